The third-order valence-corrected chi connectivity index (χ3v) is 4.97. The van der Waals surface area contributed by atoms with Crippen molar-refractivity contribution in [2.45, 2.75) is 32.9 Å². The minimum absolute atomic E-state index is 0.249. The molecule has 3 rings (SSSR count). The smallest absolute Gasteiger partial charge is 0.0648 e. The van der Waals surface area contributed by atoms with Gasteiger partial charge in [-0.3, -0.25) is 9.80 Å². The van der Waals surface area contributed by atoms with Crippen LogP contribution in [0.4, 0.5) is 0 Å². The van der Waals surface area contributed by atoms with Crippen molar-refractivity contribution >= 4 is 0 Å². The first-order valence-corrected chi connectivity index (χ1v) is 9.45. The van der Waals surface area contributed by atoms with Crippen LogP contribution in [0.25, 0.3) is 5.69 Å². The number of benzene rings is 1. The molecule has 1 aromatic heterocycles. The second-order valence-corrected chi connectivity index (χ2v) is 7.30. The van der Waals surface area contributed by atoms with Crippen molar-refractivity contribution in [2.75, 3.05) is 32.8 Å². The summed E-state index contributed by atoms with van der Waals surface area (Å²) in [6.45, 7) is 9.57. The van der Waals surface area contributed by atoms with Gasteiger partial charge in [-0.1, -0.05) is 23.8 Å². The van der Waals surface area contributed by atoms with Gasteiger partial charge >= 0.3 is 0 Å². The average Bonchev–Trinajstić information content (AvgIpc) is 3.16. The van der Waals surface area contributed by atoms with Crippen molar-refractivity contribution in [1.82, 2.24) is 19.6 Å². The fourth-order valence-corrected chi connectivity index (χ4v) is 3.54. The Morgan fingerprint density at radius 2 is 2.15 bits per heavy atom. The molecule has 0 bridgehead atoms. The van der Waals surface area contributed by atoms with E-state index in [4.69, 9.17) is 0 Å². The largest absolute Gasteiger partial charge is 0.396 e. The maximum Gasteiger partial charge on any atom is 0.0648 e. The van der Waals surface area contributed by atoms with Gasteiger partial charge in [-0.15, -0.1) is 0 Å². The van der Waals surface area contributed by atoms with E-state index in [1.165, 1.54) is 11.1 Å². The normalized spacial score (nSPS) is 18.8. The van der Waals surface area contributed by atoms with Gasteiger partial charge in [0.15, 0.2) is 0 Å². The molecular weight excluding hydrogens is 324 g/mol. The summed E-state index contributed by atoms with van der Waals surface area (Å²) in [4.78, 5) is 5.00. The van der Waals surface area contributed by atoms with Crippen LogP contribution >= 0.6 is 0 Å². The average molecular weight is 354 g/mol. The van der Waals surface area contributed by atoms with Crippen molar-refractivity contribution in [3.05, 3.63) is 59.9 Å². The predicted octanol–water partition coefficient (Wildman–Crippen LogP) is 2.71. The molecule has 1 aliphatic heterocycles. The van der Waals surface area contributed by atoms with Crippen LogP contribution in [0.15, 0.2) is 54.4 Å². The molecule has 140 valence electrons. The monoisotopic (exact) mass is 354 g/mol. The van der Waals surface area contributed by atoms with E-state index >= 15 is 0 Å². The standard InChI is InChI=1S/C21H30N4O/c1-18(2)7-11-24-13-12-23(17-21(24)8-14-26)16-19-5-3-6-20(15-19)25-10-4-9-22-25/h3-7,9-10,15,21,26H,8,11-14,16-17H2,1-2H3/t21-/m0/s1. The molecule has 5 nitrogen and oxygen atoms in total. The molecule has 0 amide bonds. The van der Waals surface area contributed by atoms with Crippen LogP contribution in [-0.4, -0.2) is 63.5 Å². The summed E-state index contributed by atoms with van der Waals surface area (Å²) in [6, 6.07) is 10.9. The quantitative estimate of drug-likeness (QED) is 0.777. The van der Waals surface area contributed by atoms with E-state index in [1.54, 1.807) is 6.20 Å². The van der Waals surface area contributed by atoms with E-state index in [-0.39, 0.29) is 6.61 Å². The Hall–Kier alpha value is -1.95. The minimum atomic E-state index is 0.249. The molecular formula is C21H30N4O. The van der Waals surface area contributed by atoms with Gasteiger partial charge in [-0.05, 0) is 44.0 Å². The van der Waals surface area contributed by atoms with E-state index in [2.05, 4.69) is 59.1 Å². The first-order valence-electron chi connectivity index (χ1n) is 9.45. The van der Waals surface area contributed by atoms with Crippen molar-refractivity contribution in [3.8, 4) is 5.69 Å². The maximum absolute atomic E-state index is 9.46. The molecule has 2 aromatic rings. The van der Waals surface area contributed by atoms with E-state index < -0.39 is 0 Å². The third-order valence-electron chi connectivity index (χ3n) is 4.97. The zero-order valence-electron chi connectivity index (χ0n) is 15.9. The number of aromatic nitrogens is 2. The Morgan fingerprint density at radius 3 is 2.88 bits per heavy atom. The van der Waals surface area contributed by atoms with Crippen molar-refractivity contribution < 1.29 is 5.11 Å². The van der Waals surface area contributed by atoms with Crippen LogP contribution in [0.5, 0.6) is 0 Å². The molecule has 0 aliphatic carbocycles. The predicted molar refractivity (Wildman–Crippen MR) is 105 cm³/mol. The lowest BCUT2D eigenvalue weighted by Gasteiger charge is -2.41. The summed E-state index contributed by atoms with van der Waals surface area (Å²) in [7, 11) is 0. The molecule has 1 atom stereocenters. The molecule has 0 spiro atoms. The van der Waals surface area contributed by atoms with Gasteiger partial charge < -0.3 is 5.11 Å². The second-order valence-electron chi connectivity index (χ2n) is 7.30. The lowest BCUT2D eigenvalue weighted by molar-refractivity contribution is 0.0637. The van der Waals surface area contributed by atoms with E-state index in [9.17, 15) is 5.11 Å². The highest BCUT2D eigenvalue weighted by Gasteiger charge is 2.25. The SMILES string of the molecule is CC(C)=CCN1CCN(Cc2cccc(-n3cccn3)c2)C[C@@H]1CCO. The fourth-order valence-electron chi connectivity index (χ4n) is 3.54. The molecule has 1 fully saturated rings. The molecule has 1 aliphatic rings. The Balaban J connectivity index is 1.64. The Bertz CT molecular complexity index is 707. The number of aliphatic hydroxyl groups is 1. The lowest BCUT2D eigenvalue weighted by Crippen LogP contribution is -2.53. The first-order chi connectivity index (χ1) is 12.7. The highest BCUT2D eigenvalue weighted by molar-refractivity contribution is 5.35. The molecule has 0 saturated carbocycles. The minimum Gasteiger partial charge on any atom is -0.396 e. The van der Waals surface area contributed by atoms with Gasteiger partial charge in [-0.2, -0.15) is 5.10 Å². The Morgan fingerprint density at radius 1 is 1.27 bits per heavy atom. The summed E-state index contributed by atoms with van der Waals surface area (Å²) in [6.07, 6.45) is 6.89. The molecule has 26 heavy (non-hydrogen) atoms. The number of rotatable bonds is 7. The van der Waals surface area contributed by atoms with E-state index in [0.717, 1.165) is 44.8 Å². The Labute approximate surface area is 156 Å². The fraction of sp³-hybridized carbons (Fsp3) is 0.476. The number of allylic oxidation sites excluding steroid dienone is 1. The number of piperazine rings is 1. The van der Waals surface area contributed by atoms with Crippen molar-refractivity contribution in [2.24, 2.45) is 0 Å². The molecule has 2 heterocycles. The highest BCUT2D eigenvalue weighted by Crippen LogP contribution is 2.17. The van der Waals surface area contributed by atoms with Crippen LogP contribution in [-0.2, 0) is 6.54 Å². The summed E-state index contributed by atoms with van der Waals surface area (Å²) in [5.41, 5.74) is 3.76. The topological polar surface area (TPSA) is 44.5 Å². The van der Waals surface area contributed by atoms with Gasteiger partial charge in [0, 0.05) is 57.8 Å². The zero-order valence-corrected chi connectivity index (χ0v) is 15.9. The zero-order chi connectivity index (χ0) is 18.4. The molecule has 5 heteroatoms. The molecule has 0 radical (unpaired) electrons. The van der Waals surface area contributed by atoms with Crippen LogP contribution in [0.1, 0.15) is 25.8 Å². The second kappa shape index (κ2) is 9.12. The molecule has 1 N–H and O–H groups in total. The summed E-state index contributed by atoms with van der Waals surface area (Å²) < 4.78 is 1.90. The number of nitrogens with zero attached hydrogens (tertiary/aromatic N) is 4. The molecule has 1 aromatic carbocycles. The van der Waals surface area contributed by atoms with Gasteiger partial charge in [0.05, 0.1) is 5.69 Å². The number of hydrogen-bond donors (Lipinski definition) is 1. The highest BCUT2D eigenvalue weighted by atomic mass is 16.3. The van der Waals surface area contributed by atoms with Crippen LogP contribution in [0.2, 0.25) is 0 Å². The third kappa shape index (κ3) is 5.04. The molecule has 0 unspecified atom stereocenters. The summed E-state index contributed by atoms with van der Waals surface area (Å²) in [5, 5.41) is 13.8. The molecule has 1 saturated heterocycles. The van der Waals surface area contributed by atoms with Gasteiger partial charge in [0.25, 0.3) is 0 Å². The maximum atomic E-state index is 9.46. The van der Waals surface area contributed by atoms with E-state index in [0.29, 0.717) is 6.04 Å². The lowest BCUT2D eigenvalue weighted by atomic mass is 10.1. The number of aliphatic hydroxyl groups excluding tert-OH is 1. The van der Waals surface area contributed by atoms with Gasteiger partial charge in [0.2, 0.25) is 0 Å². The van der Waals surface area contributed by atoms with E-state index in [1.807, 2.05) is 16.9 Å². The first kappa shape index (κ1) is 18.8. The van der Waals surface area contributed by atoms with Gasteiger partial charge in [-0.25, -0.2) is 4.68 Å². The summed E-state index contributed by atoms with van der Waals surface area (Å²) in [5.74, 6) is 0. The van der Waals surface area contributed by atoms with Gasteiger partial charge in [0.1, 0.15) is 0 Å². The van der Waals surface area contributed by atoms with Crippen molar-refractivity contribution in [1.29, 1.82) is 0 Å². The van der Waals surface area contributed by atoms with Crippen LogP contribution in [0.3, 0.4) is 0 Å². The van der Waals surface area contributed by atoms with Crippen LogP contribution < -0.4 is 0 Å². The Kier molecular flexibility index (Phi) is 6.61. The van der Waals surface area contributed by atoms with Crippen molar-refractivity contribution in [3.63, 3.8) is 0 Å². The summed E-state index contributed by atoms with van der Waals surface area (Å²) >= 11 is 0. The number of hydrogen-bond acceptors (Lipinski definition) is 4. The van der Waals surface area contributed by atoms with Crippen LogP contribution in [0, 0.1) is 0 Å².